The molecule has 1 unspecified atom stereocenters. The standard InChI is InChI=1S/C20H25N3O3/c1-26-12-11-22-9-2-6-20(19(22)25)7-10-23(14-20)18(24)16-3-4-17-15(13-16)5-8-21-17/h3-5,8,13,21H,2,6-7,9-12,14H2,1H3. The Morgan fingerprint density at radius 2 is 2.15 bits per heavy atom. The van der Waals surface area contributed by atoms with E-state index in [1.165, 1.54) is 0 Å². The average molecular weight is 355 g/mol. The number of H-pyrrole nitrogens is 1. The second kappa shape index (κ2) is 6.76. The fourth-order valence-corrected chi connectivity index (χ4v) is 4.36. The number of aromatic nitrogens is 1. The van der Waals surface area contributed by atoms with Crippen molar-refractivity contribution >= 4 is 22.7 Å². The van der Waals surface area contributed by atoms with Gasteiger partial charge in [0, 0.05) is 56.0 Å². The molecule has 2 aromatic rings. The van der Waals surface area contributed by atoms with E-state index < -0.39 is 5.41 Å². The first-order valence-corrected chi connectivity index (χ1v) is 9.28. The number of hydrogen-bond donors (Lipinski definition) is 1. The summed E-state index contributed by atoms with van der Waals surface area (Å²) < 4.78 is 5.13. The lowest BCUT2D eigenvalue weighted by Gasteiger charge is -2.39. The Labute approximate surface area is 153 Å². The monoisotopic (exact) mass is 355 g/mol. The van der Waals surface area contributed by atoms with Crippen molar-refractivity contribution in [3.05, 3.63) is 36.0 Å². The molecule has 138 valence electrons. The van der Waals surface area contributed by atoms with E-state index in [-0.39, 0.29) is 11.8 Å². The van der Waals surface area contributed by atoms with Crippen LogP contribution in [0.15, 0.2) is 30.5 Å². The Morgan fingerprint density at radius 1 is 1.27 bits per heavy atom. The lowest BCUT2D eigenvalue weighted by Crippen LogP contribution is -2.51. The summed E-state index contributed by atoms with van der Waals surface area (Å²) in [5.41, 5.74) is 1.31. The number of benzene rings is 1. The maximum Gasteiger partial charge on any atom is 0.253 e. The molecule has 2 saturated heterocycles. The quantitative estimate of drug-likeness (QED) is 0.915. The molecule has 26 heavy (non-hydrogen) atoms. The number of likely N-dealkylation sites (tertiary alicyclic amines) is 2. The van der Waals surface area contributed by atoms with Gasteiger partial charge in [0.1, 0.15) is 0 Å². The Hall–Kier alpha value is -2.34. The average Bonchev–Trinajstić information content (AvgIpc) is 3.29. The number of hydrogen-bond acceptors (Lipinski definition) is 3. The summed E-state index contributed by atoms with van der Waals surface area (Å²) in [4.78, 5) is 32.9. The molecule has 0 saturated carbocycles. The van der Waals surface area contributed by atoms with Crippen LogP contribution in [0.1, 0.15) is 29.6 Å². The zero-order chi connectivity index (χ0) is 18.1. The first kappa shape index (κ1) is 17.1. The number of fused-ring (bicyclic) bond motifs is 1. The highest BCUT2D eigenvalue weighted by Gasteiger charge is 2.49. The number of ether oxygens (including phenoxy) is 1. The highest BCUT2D eigenvalue weighted by Crippen LogP contribution is 2.40. The van der Waals surface area contributed by atoms with Crippen LogP contribution < -0.4 is 0 Å². The highest BCUT2D eigenvalue weighted by molar-refractivity contribution is 5.99. The second-order valence-corrected chi connectivity index (χ2v) is 7.43. The fraction of sp³-hybridized carbons (Fsp3) is 0.500. The van der Waals surface area contributed by atoms with Crippen molar-refractivity contribution in [3.8, 4) is 0 Å². The van der Waals surface area contributed by atoms with E-state index >= 15 is 0 Å². The number of aromatic amines is 1. The van der Waals surface area contributed by atoms with Gasteiger partial charge in [-0.1, -0.05) is 0 Å². The molecule has 6 heteroatoms. The molecule has 3 heterocycles. The van der Waals surface area contributed by atoms with Crippen molar-refractivity contribution in [2.24, 2.45) is 5.41 Å². The summed E-state index contributed by atoms with van der Waals surface area (Å²) in [5, 5.41) is 1.03. The number of carbonyl (C=O) groups is 2. The van der Waals surface area contributed by atoms with E-state index in [0.717, 1.165) is 36.7 Å². The predicted octanol–water partition coefficient (Wildman–Crippen LogP) is 2.27. The molecule has 2 amide bonds. The lowest BCUT2D eigenvalue weighted by molar-refractivity contribution is -0.146. The molecule has 2 aliphatic rings. The molecule has 1 aromatic carbocycles. The van der Waals surface area contributed by atoms with E-state index in [2.05, 4.69) is 4.98 Å². The number of methoxy groups -OCH3 is 1. The summed E-state index contributed by atoms with van der Waals surface area (Å²) >= 11 is 0. The van der Waals surface area contributed by atoms with Crippen LogP contribution in [0, 0.1) is 5.41 Å². The SMILES string of the molecule is COCCN1CCCC2(CCN(C(=O)c3ccc4[nH]ccc4c3)C2)C1=O. The molecule has 1 spiro atoms. The molecule has 0 aliphatic carbocycles. The summed E-state index contributed by atoms with van der Waals surface area (Å²) in [5.74, 6) is 0.212. The fourth-order valence-electron chi connectivity index (χ4n) is 4.36. The normalized spacial score (nSPS) is 23.3. The van der Waals surface area contributed by atoms with Gasteiger partial charge in [0.2, 0.25) is 5.91 Å². The first-order chi connectivity index (χ1) is 12.6. The van der Waals surface area contributed by atoms with Gasteiger partial charge >= 0.3 is 0 Å². The molecule has 6 nitrogen and oxygen atoms in total. The topological polar surface area (TPSA) is 65.6 Å². The minimum Gasteiger partial charge on any atom is -0.383 e. The van der Waals surface area contributed by atoms with Gasteiger partial charge in [-0.25, -0.2) is 0 Å². The molecule has 1 aromatic heterocycles. The van der Waals surface area contributed by atoms with Crippen molar-refractivity contribution in [1.82, 2.24) is 14.8 Å². The largest absolute Gasteiger partial charge is 0.383 e. The van der Waals surface area contributed by atoms with E-state index in [0.29, 0.717) is 31.8 Å². The Bertz CT molecular complexity index is 831. The number of rotatable bonds is 4. The molecular formula is C20H25N3O3. The van der Waals surface area contributed by atoms with Crippen LogP contribution in [0.2, 0.25) is 0 Å². The van der Waals surface area contributed by atoms with Crippen molar-refractivity contribution < 1.29 is 14.3 Å². The van der Waals surface area contributed by atoms with Crippen LogP contribution in [0.4, 0.5) is 0 Å². The molecule has 2 aliphatic heterocycles. The van der Waals surface area contributed by atoms with E-state index in [1.807, 2.05) is 40.3 Å². The van der Waals surface area contributed by atoms with Gasteiger partial charge in [0.05, 0.1) is 12.0 Å². The predicted molar refractivity (Wildman–Crippen MR) is 98.9 cm³/mol. The van der Waals surface area contributed by atoms with Crippen molar-refractivity contribution in [1.29, 1.82) is 0 Å². The maximum absolute atomic E-state index is 13.0. The summed E-state index contributed by atoms with van der Waals surface area (Å²) in [6.45, 7) is 3.16. The number of nitrogens with zero attached hydrogens (tertiary/aromatic N) is 2. The number of carbonyl (C=O) groups excluding carboxylic acids is 2. The third-order valence-corrected chi connectivity index (χ3v) is 5.83. The third kappa shape index (κ3) is 2.88. The van der Waals surface area contributed by atoms with E-state index in [1.54, 1.807) is 7.11 Å². The van der Waals surface area contributed by atoms with Crippen LogP contribution in [-0.4, -0.2) is 66.5 Å². The highest BCUT2D eigenvalue weighted by atomic mass is 16.5. The Morgan fingerprint density at radius 3 is 3.00 bits per heavy atom. The van der Waals surface area contributed by atoms with Crippen LogP contribution >= 0.6 is 0 Å². The second-order valence-electron chi connectivity index (χ2n) is 7.43. The number of piperidine rings is 1. The van der Waals surface area contributed by atoms with Gasteiger partial charge in [-0.05, 0) is 43.5 Å². The minimum absolute atomic E-state index is 0.0202. The lowest BCUT2D eigenvalue weighted by atomic mass is 9.78. The van der Waals surface area contributed by atoms with Crippen molar-refractivity contribution in [3.63, 3.8) is 0 Å². The maximum atomic E-state index is 13.0. The summed E-state index contributed by atoms with van der Waals surface area (Å²) in [6.07, 6.45) is 4.50. The molecule has 0 radical (unpaired) electrons. The number of nitrogens with one attached hydrogen (secondary N) is 1. The van der Waals surface area contributed by atoms with Gasteiger partial charge in [-0.3, -0.25) is 9.59 Å². The van der Waals surface area contributed by atoms with Crippen molar-refractivity contribution in [2.75, 3.05) is 39.9 Å². The van der Waals surface area contributed by atoms with Gasteiger partial charge in [-0.2, -0.15) is 0 Å². The zero-order valence-electron chi connectivity index (χ0n) is 15.2. The molecule has 2 fully saturated rings. The zero-order valence-corrected chi connectivity index (χ0v) is 15.2. The minimum atomic E-state index is -0.403. The van der Waals surface area contributed by atoms with Crippen LogP contribution in [-0.2, 0) is 9.53 Å². The summed E-state index contributed by atoms with van der Waals surface area (Å²) in [6, 6.07) is 7.69. The Balaban J connectivity index is 1.50. The van der Waals surface area contributed by atoms with Crippen molar-refractivity contribution in [2.45, 2.75) is 19.3 Å². The summed E-state index contributed by atoms with van der Waals surface area (Å²) in [7, 11) is 1.65. The van der Waals surface area contributed by atoms with Gasteiger partial charge in [0.15, 0.2) is 0 Å². The van der Waals surface area contributed by atoms with Crippen LogP contribution in [0.5, 0.6) is 0 Å². The molecule has 0 bridgehead atoms. The third-order valence-electron chi connectivity index (χ3n) is 5.83. The van der Waals surface area contributed by atoms with Crippen LogP contribution in [0.25, 0.3) is 10.9 Å². The van der Waals surface area contributed by atoms with Gasteiger partial charge < -0.3 is 19.5 Å². The van der Waals surface area contributed by atoms with E-state index in [9.17, 15) is 9.59 Å². The molecule has 1 atom stereocenters. The first-order valence-electron chi connectivity index (χ1n) is 9.28. The van der Waals surface area contributed by atoms with Crippen LogP contribution in [0.3, 0.4) is 0 Å². The van der Waals surface area contributed by atoms with E-state index in [4.69, 9.17) is 4.74 Å². The molecule has 1 N–H and O–H groups in total. The molecular weight excluding hydrogens is 330 g/mol. The Kier molecular flexibility index (Phi) is 4.44. The van der Waals surface area contributed by atoms with Gasteiger partial charge in [0.25, 0.3) is 5.91 Å². The van der Waals surface area contributed by atoms with Gasteiger partial charge in [-0.15, -0.1) is 0 Å². The number of amides is 2. The smallest absolute Gasteiger partial charge is 0.253 e. The molecule has 4 rings (SSSR count).